The molecular formula is C13H19NS. The Kier molecular flexibility index (Phi) is 2.37. The third-order valence-corrected chi connectivity index (χ3v) is 5.58. The highest BCUT2D eigenvalue weighted by atomic mass is 32.1. The summed E-state index contributed by atoms with van der Waals surface area (Å²) in [6, 6.07) is 2.52. The second-order valence-corrected chi connectivity index (χ2v) is 6.28. The third-order valence-electron chi connectivity index (χ3n) is 4.46. The predicted octanol–water partition coefficient (Wildman–Crippen LogP) is 3.49. The highest BCUT2D eigenvalue weighted by molar-refractivity contribution is 7.10. The first-order valence-electron chi connectivity index (χ1n) is 6.05. The van der Waals surface area contributed by atoms with Gasteiger partial charge in [0.25, 0.3) is 0 Å². The number of hydrogen-bond donors (Lipinski definition) is 1. The third kappa shape index (κ3) is 1.55. The van der Waals surface area contributed by atoms with E-state index in [9.17, 15) is 0 Å². The van der Waals surface area contributed by atoms with E-state index in [4.69, 9.17) is 5.73 Å². The number of thiophene rings is 1. The van der Waals surface area contributed by atoms with Crippen molar-refractivity contribution in [1.82, 2.24) is 0 Å². The Labute approximate surface area is 95.7 Å². The summed E-state index contributed by atoms with van der Waals surface area (Å²) < 4.78 is 0. The first-order valence-corrected chi connectivity index (χ1v) is 6.93. The summed E-state index contributed by atoms with van der Waals surface area (Å²) in [5.41, 5.74) is 7.84. The zero-order chi connectivity index (χ0) is 10.4. The van der Waals surface area contributed by atoms with Gasteiger partial charge in [0.2, 0.25) is 0 Å². The fourth-order valence-corrected chi connectivity index (χ4v) is 4.66. The summed E-state index contributed by atoms with van der Waals surface area (Å²) in [6.45, 7) is 2.19. The normalized spacial score (nSPS) is 36.0. The lowest BCUT2D eigenvalue weighted by Gasteiger charge is -2.27. The fraction of sp³-hybridized carbons (Fsp3) is 0.692. The van der Waals surface area contributed by atoms with Gasteiger partial charge in [0.15, 0.2) is 0 Å². The molecule has 2 heteroatoms. The van der Waals surface area contributed by atoms with Crippen molar-refractivity contribution in [3.05, 3.63) is 21.9 Å². The van der Waals surface area contributed by atoms with Crippen LogP contribution in [0.15, 0.2) is 11.4 Å². The number of nitrogens with two attached hydrogens (primary N) is 1. The van der Waals surface area contributed by atoms with Crippen molar-refractivity contribution in [1.29, 1.82) is 0 Å². The molecular weight excluding hydrogens is 202 g/mol. The lowest BCUT2D eigenvalue weighted by atomic mass is 9.82. The second-order valence-electron chi connectivity index (χ2n) is 5.33. The van der Waals surface area contributed by atoms with Crippen LogP contribution in [0.5, 0.6) is 0 Å². The van der Waals surface area contributed by atoms with E-state index in [0.717, 1.165) is 17.8 Å². The van der Waals surface area contributed by atoms with E-state index in [0.29, 0.717) is 6.04 Å². The van der Waals surface area contributed by atoms with Crippen LogP contribution >= 0.6 is 11.3 Å². The minimum absolute atomic E-state index is 0.320. The fourth-order valence-electron chi connectivity index (χ4n) is 3.65. The molecule has 0 aromatic carbocycles. The molecule has 2 fully saturated rings. The van der Waals surface area contributed by atoms with Gasteiger partial charge in [-0.2, -0.15) is 0 Å². The average molecular weight is 221 g/mol. The molecule has 15 heavy (non-hydrogen) atoms. The molecule has 0 spiro atoms. The molecule has 4 atom stereocenters. The molecule has 2 saturated carbocycles. The van der Waals surface area contributed by atoms with Crippen LogP contribution in [0.4, 0.5) is 0 Å². The van der Waals surface area contributed by atoms with Crippen LogP contribution in [0.1, 0.15) is 42.2 Å². The number of fused-ring (bicyclic) bond motifs is 2. The average Bonchev–Trinajstić information content (AvgIpc) is 2.91. The molecule has 4 unspecified atom stereocenters. The van der Waals surface area contributed by atoms with E-state index >= 15 is 0 Å². The van der Waals surface area contributed by atoms with E-state index in [2.05, 4.69) is 18.4 Å². The minimum atomic E-state index is 0.320. The van der Waals surface area contributed by atoms with Crippen LogP contribution < -0.4 is 5.73 Å². The second kappa shape index (κ2) is 3.60. The topological polar surface area (TPSA) is 26.0 Å². The van der Waals surface area contributed by atoms with Crippen molar-refractivity contribution in [3.63, 3.8) is 0 Å². The molecule has 0 amide bonds. The van der Waals surface area contributed by atoms with Crippen molar-refractivity contribution in [2.75, 3.05) is 0 Å². The van der Waals surface area contributed by atoms with Gasteiger partial charge >= 0.3 is 0 Å². The highest BCUT2D eigenvalue weighted by Gasteiger charge is 2.42. The molecule has 1 heterocycles. The van der Waals surface area contributed by atoms with Crippen LogP contribution in [-0.4, -0.2) is 0 Å². The Balaban J connectivity index is 1.81. The maximum Gasteiger partial charge on any atom is 0.0423 e. The van der Waals surface area contributed by atoms with Gasteiger partial charge in [0, 0.05) is 10.9 Å². The number of hydrogen-bond acceptors (Lipinski definition) is 2. The minimum Gasteiger partial charge on any atom is -0.323 e. The van der Waals surface area contributed by atoms with Gasteiger partial charge in [0.05, 0.1) is 0 Å². The molecule has 1 aromatic heterocycles. The van der Waals surface area contributed by atoms with E-state index < -0.39 is 0 Å². The van der Waals surface area contributed by atoms with Gasteiger partial charge in [0.1, 0.15) is 0 Å². The van der Waals surface area contributed by atoms with E-state index in [1.807, 2.05) is 11.3 Å². The molecule has 2 N–H and O–H groups in total. The lowest BCUT2D eigenvalue weighted by Crippen LogP contribution is -2.25. The first-order chi connectivity index (χ1) is 7.25. The summed E-state index contributed by atoms with van der Waals surface area (Å²) in [6.07, 6.45) is 5.76. The SMILES string of the molecule is Cc1ccsc1C(N)C1CC2CCC1C2. The Bertz CT molecular complexity index is 357. The molecule has 0 saturated heterocycles. The van der Waals surface area contributed by atoms with Crippen molar-refractivity contribution in [2.24, 2.45) is 23.5 Å². The van der Waals surface area contributed by atoms with Crippen LogP contribution in [0.3, 0.4) is 0 Å². The van der Waals surface area contributed by atoms with Gasteiger partial charge in [-0.05, 0) is 60.9 Å². The standard InChI is InChI=1S/C13H19NS/c1-8-4-5-15-13(8)12(14)11-7-9-2-3-10(11)6-9/h4-5,9-12H,2-3,6-7,14H2,1H3. The quantitative estimate of drug-likeness (QED) is 0.813. The van der Waals surface area contributed by atoms with Gasteiger partial charge in [-0.1, -0.05) is 6.42 Å². The molecule has 82 valence electrons. The van der Waals surface area contributed by atoms with Crippen LogP contribution in [0, 0.1) is 24.7 Å². The maximum atomic E-state index is 6.44. The van der Waals surface area contributed by atoms with Crippen molar-refractivity contribution >= 4 is 11.3 Å². The van der Waals surface area contributed by atoms with Crippen molar-refractivity contribution in [2.45, 2.75) is 38.6 Å². The molecule has 2 bridgehead atoms. The zero-order valence-corrected chi connectivity index (χ0v) is 10.1. The summed E-state index contributed by atoms with van der Waals surface area (Å²) in [5, 5.41) is 2.18. The van der Waals surface area contributed by atoms with Gasteiger partial charge in [-0.15, -0.1) is 11.3 Å². The van der Waals surface area contributed by atoms with Crippen LogP contribution in [0.25, 0.3) is 0 Å². The summed E-state index contributed by atoms with van der Waals surface area (Å²) in [4.78, 5) is 1.44. The monoisotopic (exact) mass is 221 g/mol. The Morgan fingerprint density at radius 2 is 2.27 bits per heavy atom. The smallest absolute Gasteiger partial charge is 0.0423 e. The Morgan fingerprint density at radius 1 is 1.40 bits per heavy atom. The molecule has 0 radical (unpaired) electrons. The van der Waals surface area contributed by atoms with Gasteiger partial charge < -0.3 is 5.73 Å². The lowest BCUT2D eigenvalue weighted by molar-refractivity contribution is 0.286. The van der Waals surface area contributed by atoms with E-state index in [1.165, 1.54) is 36.1 Å². The van der Waals surface area contributed by atoms with Gasteiger partial charge in [-0.3, -0.25) is 0 Å². The van der Waals surface area contributed by atoms with E-state index in [1.54, 1.807) is 0 Å². The van der Waals surface area contributed by atoms with Crippen molar-refractivity contribution in [3.8, 4) is 0 Å². The maximum absolute atomic E-state index is 6.44. The molecule has 1 aromatic rings. The Hall–Kier alpha value is -0.340. The highest BCUT2D eigenvalue weighted by Crippen LogP contribution is 2.52. The molecule has 3 rings (SSSR count). The summed E-state index contributed by atoms with van der Waals surface area (Å²) in [7, 11) is 0. The first kappa shape index (κ1) is 9.86. The summed E-state index contributed by atoms with van der Waals surface area (Å²) >= 11 is 1.85. The predicted molar refractivity (Wildman–Crippen MR) is 64.9 cm³/mol. The zero-order valence-electron chi connectivity index (χ0n) is 9.28. The summed E-state index contributed by atoms with van der Waals surface area (Å²) in [5.74, 6) is 2.72. The van der Waals surface area contributed by atoms with Crippen LogP contribution in [0.2, 0.25) is 0 Å². The molecule has 2 aliphatic rings. The number of rotatable bonds is 2. The van der Waals surface area contributed by atoms with Crippen molar-refractivity contribution < 1.29 is 0 Å². The molecule has 0 aliphatic heterocycles. The molecule has 1 nitrogen and oxygen atoms in total. The number of aryl methyl sites for hydroxylation is 1. The largest absolute Gasteiger partial charge is 0.323 e. The van der Waals surface area contributed by atoms with E-state index in [-0.39, 0.29) is 0 Å². The van der Waals surface area contributed by atoms with Gasteiger partial charge in [-0.25, -0.2) is 0 Å². The molecule has 2 aliphatic carbocycles. The Morgan fingerprint density at radius 3 is 2.80 bits per heavy atom. The van der Waals surface area contributed by atoms with Crippen LogP contribution in [-0.2, 0) is 0 Å².